The van der Waals surface area contributed by atoms with Gasteiger partial charge in [-0.05, 0) is 6.92 Å². The SMILES string of the molecule is CC1C(=O)NCCN1C(=O)NCC(=O)O. The Morgan fingerprint density at radius 1 is 1.67 bits per heavy atom. The summed E-state index contributed by atoms with van der Waals surface area (Å²) in [5.41, 5.74) is 0. The molecule has 1 saturated heterocycles. The predicted octanol–water partition coefficient (Wildman–Crippen LogP) is -1.40. The van der Waals surface area contributed by atoms with Crippen LogP contribution in [0.4, 0.5) is 4.79 Å². The molecule has 1 atom stereocenters. The number of piperazine rings is 1. The minimum atomic E-state index is -1.11. The van der Waals surface area contributed by atoms with Gasteiger partial charge in [0.1, 0.15) is 12.6 Å². The van der Waals surface area contributed by atoms with Gasteiger partial charge in [-0.1, -0.05) is 0 Å². The van der Waals surface area contributed by atoms with Crippen LogP contribution in [0.5, 0.6) is 0 Å². The molecule has 7 nitrogen and oxygen atoms in total. The molecule has 0 bridgehead atoms. The third kappa shape index (κ3) is 2.83. The molecule has 0 aromatic heterocycles. The maximum absolute atomic E-state index is 11.4. The molecule has 15 heavy (non-hydrogen) atoms. The predicted molar refractivity (Wildman–Crippen MR) is 50.2 cm³/mol. The quantitative estimate of drug-likeness (QED) is 0.527. The summed E-state index contributed by atoms with van der Waals surface area (Å²) < 4.78 is 0. The van der Waals surface area contributed by atoms with Crippen LogP contribution >= 0.6 is 0 Å². The Labute approximate surface area is 86.4 Å². The first-order chi connectivity index (χ1) is 7.02. The molecule has 1 aliphatic heterocycles. The van der Waals surface area contributed by atoms with E-state index in [-0.39, 0.29) is 5.91 Å². The molecule has 3 amide bonds. The number of hydrogen-bond donors (Lipinski definition) is 3. The standard InChI is InChI=1S/C8H13N3O4/c1-5-7(14)9-2-3-11(5)8(15)10-4-6(12)13/h5H,2-4H2,1H3,(H,9,14)(H,10,15)(H,12,13). The Morgan fingerprint density at radius 3 is 2.93 bits per heavy atom. The molecule has 0 aromatic carbocycles. The van der Waals surface area contributed by atoms with Crippen LogP contribution < -0.4 is 10.6 Å². The smallest absolute Gasteiger partial charge is 0.323 e. The topological polar surface area (TPSA) is 98.7 Å². The number of carbonyl (C=O) groups is 3. The van der Waals surface area contributed by atoms with E-state index in [1.807, 2.05) is 0 Å². The van der Waals surface area contributed by atoms with Gasteiger partial charge in [0, 0.05) is 13.1 Å². The molecule has 1 aliphatic rings. The number of carboxylic acid groups (broad SMARTS) is 1. The number of nitrogens with zero attached hydrogens (tertiary/aromatic N) is 1. The van der Waals surface area contributed by atoms with Crippen molar-refractivity contribution < 1.29 is 19.5 Å². The lowest BCUT2D eigenvalue weighted by Crippen LogP contribution is -2.58. The normalized spacial score (nSPS) is 20.7. The molecule has 3 N–H and O–H groups in total. The van der Waals surface area contributed by atoms with Crippen LogP contribution in [0.15, 0.2) is 0 Å². The molecule has 0 saturated carbocycles. The summed E-state index contributed by atoms with van der Waals surface area (Å²) in [5, 5.41) is 13.2. The highest BCUT2D eigenvalue weighted by atomic mass is 16.4. The van der Waals surface area contributed by atoms with Crippen LogP contribution in [0.1, 0.15) is 6.92 Å². The van der Waals surface area contributed by atoms with Crippen molar-refractivity contribution in [2.24, 2.45) is 0 Å². The molecule has 84 valence electrons. The van der Waals surface area contributed by atoms with Gasteiger partial charge in [0.25, 0.3) is 0 Å². The Morgan fingerprint density at radius 2 is 2.33 bits per heavy atom. The molecule has 0 spiro atoms. The minimum absolute atomic E-state index is 0.230. The highest BCUT2D eigenvalue weighted by Crippen LogP contribution is 2.03. The third-order valence-electron chi connectivity index (χ3n) is 2.15. The molecule has 0 aliphatic carbocycles. The number of rotatable bonds is 2. The lowest BCUT2D eigenvalue weighted by Gasteiger charge is -2.32. The van der Waals surface area contributed by atoms with Crippen molar-refractivity contribution in [3.63, 3.8) is 0 Å². The van der Waals surface area contributed by atoms with Crippen LogP contribution in [0.2, 0.25) is 0 Å². The summed E-state index contributed by atoms with van der Waals surface area (Å²) in [4.78, 5) is 34.2. The van der Waals surface area contributed by atoms with E-state index >= 15 is 0 Å². The molecular weight excluding hydrogens is 202 g/mol. The van der Waals surface area contributed by atoms with Crippen molar-refractivity contribution in [2.45, 2.75) is 13.0 Å². The fraction of sp³-hybridized carbons (Fsp3) is 0.625. The highest BCUT2D eigenvalue weighted by molar-refractivity contribution is 5.88. The third-order valence-corrected chi connectivity index (χ3v) is 2.15. The summed E-state index contributed by atoms with van der Waals surface area (Å²) in [6, 6.07) is -1.09. The van der Waals surface area contributed by atoms with E-state index in [4.69, 9.17) is 5.11 Å². The van der Waals surface area contributed by atoms with Crippen molar-refractivity contribution >= 4 is 17.9 Å². The van der Waals surface area contributed by atoms with Crippen LogP contribution in [0, 0.1) is 0 Å². The maximum Gasteiger partial charge on any atom is 0.323 e. The van der Waals surface area contributed by atoms with Gasteiger partial charge < -0.3 is 20.6 Å². The fourth-order valence-corrected chi connectivity index (χ4v) is 1.31. The second kappa shape index (κ2) is 4.63. The van der Waals surface area contributed by atoms with E-state index in [9.17, 15) is 14.4 Å². The first-order valence-corrected chi connectivity index (χ1v) is 4.56. The largest absolute Gasteiger partial charge is 0.480 e. The summed E-state index contributed by atoms with van der Waals surface area (Å²) in [7, 11) is 0. The zero-order valence-corrected chi connectivity index (χ0v) is 8.32. The van der Waals surface area contributed by atoms with E-state index in [1.54, 1.807) is 6.92 Å². The first kappa shape index (κ1) is 11.3. The second-order valence-electron chi connectivity index (χ2n) is 3.21. The molecule has 1 fully saturated rings. The van der Waals surface area contributed by atoms with Crippen molar-refractivity contribution in [3.05, 3.63) is 0 Å². The molecule has 7 heteroatoms. The average molecular weight is 215 g/mol. The number of hydrogen-bond acceptors (Lipinski definition) is 3. The second-order valence-corrected chi connectivity index (χ2v) is 3.21. The lowest BCUT2D eigenvalue weighted by molar-refractivity contribution is -0.135. The van der Waals surface area contributed by atoms with Gasteiger partial charge >= 0.3 is 12.0 Å². The van der Waals surface area contributed by atoms with Gasteiger partial charge in [0.15, 0.2) is 0 Å². The molecule has 0 radical (unpaired) electrons. The minimum Gasteiger partial charge on any atom is -0.480 e. The zero-order valence-electron chi connectivity index (χ0n) is 8.32. The summed E-state index contributed by atoms with van der Waals surface area (Å²) >= 11 is 0. The van der Waals surface area contributed by atoms with Crippen LogP contribution in [0.25, 0.3) is 0 Å². The van der Waals surface area contributed by atoms with Crippen molar-refractivity contribution in [3.8, 4) is 0 Å². The van der Waals surface area contributed by atoms with Gasteiger partial charge in [-0.2, -0.15) is 0 Å². The average Bonchev–Trinajstić information content (AvgIpc) is 2.18. The van der Waals surface area contributed by atoms with Crippen LogP contribution in [-0.2, 0) is 9.59 Å². The molecular formula is C8H13N3O4. The van der Waals surface area contributed by atoms with Crippen LogP contribution in [-0.4, -0.2) is 53.6 Å². The van der Waals surface area contributed by atoms with E-state index in [0.717, 1.165) is 0 Å². The Bertz CT molecular complexity index is 292. The van der Waals surface area contributed by atoms with Crippen molar-refractivity contribution in [2.75, 3.05) is 19.6 Å². The van der Waals surface area contributed by atoms with Gasteiger partial charge in [-0.25, -0.2) is 4.79 Å². The first-order valence-electron chi connectivity index (χ1n) is 4.56. The molecule has 0 aromatic rings. The number of urea groups is 1. The zero-order chi connectivity index (χ0) is 11.4. The van der Waals surface area contributed by atoms with Gasteiger partial charge in [0.05, 0.1) is 0 Å². The lowest BCUT2D eigenvalue weighted by atomic mass is 10.2. The summed E-state index contributed by atoms with van der Waals surface area (Å²) in [5.74, 6) is -1.34. The monoisotopic (exact) mass is 215 g/mol. The van der Waals surface area contributed by atoms with E-state index < -0.39 is 24.6 Å². The van der Waals surface area contributed by atoms with Gasteiger partial charge in [-0.15, -0.1) is 0 Å². The highest BCUT2D eigenvalue weighted by Gasteiger charge is 2.29. The van der Waals surface area contributed by atoms with Crippen molar-refractivity contribution in [1.29, 1.82) is 0 Å². The number of amides is 3. The van der Waals surface area contributed by atoms with E-state index in [1.165, 1.54) is 4.90 Å². The Hall–Kier alpha value is -1.79. The van der Waals surface area contributed by atoms with Gasteiger partial charge in [0.2, 0.25) is 5.91 Å². The Balaban J connectivity index is 2.50. The fourth-order valence-electron chi connectivity index (χ4n) is 1.31. The maximum atomic E-state index is 11.4. The van der Waals surface area contributed by atoms with E-state index in [2.05, 4.69) is 10.6 Å². The summed E-state index contributed by atoms with van der Waals surface area (Å²) in [6.07, 6.45) is 0. The molecule has 1 rings (SSSR count). The van der Waals surface area contributed by atoms with E-state index in [0.29, 0.717) is 13.1 Å². The molecule has 1 unspecified atom stereocenters. The number of carboxylic acids is 1. The van der Waals surface area contributed by atoms with Gasteiger partial charge in [-0.3, -0.25) is 9.59 Å². The van der Waals surface area contributed by atoms with Crippen molar-refractivity contribution in [1.82, 2.24) is 15.5 Å². The summed E-state index contributed by atoms with van der Waals surface area (Å²) in [6.45, 7) is 1.93. The molecule has 1 heterocycles. The number of nitrogens with one attached hydrogen (secondary N) is 2. The number of carbonyl (C=O) groups excluding carboxylic acids is 2. The number of aliphatic carboxylic acids is 1. The van der Waals surface area contributed by atoms with Crippen LogP contribution in [0.3, 0.4) is 0 Å². The Kier molecular flexibility index (Phi) is 3.48.